The normalized spacial score (nSPS) is 15.6. The zero-order valence-corrected chi connectivity index (χ0v) is 9.53. The number of benzene rings is 1. The highest BCUT2D eigenvalue weighted by atomic mass is 16.6. The molecule has 0 saturated heterocycles. The van der Waals surface area contributed by atoms with E-state index >= 15 is 0 Å². The lowest BCUT2D eigenvalue weighted by Crippen LogP contribution is -2.19. The summed E-state index contributed by atoms with van der Waals surface area (Å²) in [4.78, 5) is 0. The number of para-hydroxylation sites is 1. The van der Waals surface area contributed by atoms with Gasteiger partial charge in [0.2, 0.25) is 0 Å². The average Bonchev–Trinajstić information content (AvgIpc) is 2.27. The van der Waals surface area contributed by atoms with Gasteiger partial charge in [0.1, 0.15) is 13.2 Å². The Bertz CT molecular complexity index is 401. The molecular weight excluding hydrogens is 202 g/mol. The monoisotopic (exact) mass is 219 g/mol. The lowest BCUT2D eigenvalue weighted by molar-refractivity contribution is 0.169. The summed E-state index contributed by atoms with van der Waals surface area (Å²) in [7, 11) is 0. The molecule has 1 aromatic carbocycles. The first-order chi connectivity index (χ1) is 7.68. The summed E-state index contributed by atoms with van der Waals surface area (Å²) in [6.07, 6.45) is 0.764. The number of nitrogens with two attached hydrogens (primary N) is 1. The fraction of sp³-hybridized carbons (Fsp3) is 0.385. The fourth-order valence-electron chi connectivity index (χ4n) is 1.87. The van der Waals surface area contributed by atoms with E-state index in [1.807, 2.05) is 25.1 Å². The fourth-order valence-corrected chi connectivity index (χ4v) is 1.87. The molecule has 1 heterocycles. The van der Waals surface area contributed by atoms with Crippen molar-refractivity contribution in [2.75, 3.05) is 13.2 Å². The van der Waals surface area contributed by atoms with Crippen LogP contribution in [-0.4, -0.2) is 13.2 Å². The maximum atomic E-state index is 6.12. The Hall–Kier alpha value is -1.48. The van der Waals surface area contributed by atoms with Gasteiger partial charge in [-0.15, -0.1) is 6.58 Å². The molecule has 86 valence electrons. The van der Waals surface area contributed by atoms with Gasteiger partial charge in [0, 0.05) is 11.6 Å². The Morgan fingerprint density at radius 2 is 2.19 bits per heavy atom. The second kappa shape index (κ2) is 4.58. The minimum atomic E-state index is -0.0749. The number of hydrogen-bond donors (Lipinski definition) is 1. The van der Waals surface area contributed by atoms with E-state index in [1.54, 1.807) is 0 Å². The molecule has 0 radical (unpaired) electrons. The number of hydrogen-bond acceptors (Lipinski definition) is 3. The topological polar surface area (TPSA) is 44.5 Å². The minimum absolute atomic E-state index is 0.0749. The maximum absolute atomic E-state index is 6.12. The van der Waals surface area contributed by atoms with E-state index in [2.05, 4.69) is 6.58 Å². The van der Waals surface area contributed by atoms with Gasteiger partial charge < -0.3 is 15.2 Å². The summed E-state index contributed by atoms with van der Waals surface area (Å²) >= 11 is 0. The summed E-state index contributed by atoms with van der Waals surface area (Å²) < 4.78 is 11.1. The van der Waals surface area contributed by atoms with Crippen LogP contribution < -0.4 is 15.2 Å². The molecular formula is C13H17NO2. The molecule has 2 N–H and O–H groups in total. The van der Waals surface area contributed by atoms with Crippen molar-refractivity contribution in [1.29, 1.82) is 0 Å². The molecule has 1 atom stereocenters. The van der Waals surface area contributed by atoms with Gasteiger partial charge in [-0.1, -0.05) is 17.7 Å². The van der Waals surface area contributed by atoms with Crippen LogP contribution in [0.1, 0.15) is 24.9 Å². The van der Waals surface area contributed by atoms with Gasteiger partial charge in [0.15, 0.2) is 11.5 Å². The number of rotatable bonds is 3. The van der Waals surface area contributed by atoms with Crippen molar-refractivity contribution < 1.29 is 9.47 Å². The van der Waals surface area contributed by atoms with Gasteiger partial charge in [-0.3, -0.25) is 0 Å². The van der Waals surface area contributed by atoms with E-state index in [9.17, 15) is 0 Å². The largest absolute Gasteiger partial charge is 0.486 e. The van der Waals surface area contributed by atoms with Crippen LogP contribution in [0.2, 0.25) is 0 Å². The van der Waals surface area contributed by atoms with E-state index in [0.717, 1.165) is 29.1 Å². The van der Waals surface area contributed by atoms with Crippen molar-refractivity contribution in [3.8, 4) is 11.5 Å². The van der Waals surface area contributed by atoms with Gasteiger partial charge in [-0.05, 0) is 19.4 Å². The minimum Gasteiger partial charge on any atom is -0.486 e. The second-order valence-electron chi connectivity index (χ2n) is 4.14. The molecule has 2 rings (SSSR count). The molecule has 0 fully saturated rings. The molecule has 1 aliphatic heterocycles. The van der Waals surface area contributed by atoms with Crippen LogP contribution in [0.25, 0.3) is 0 Å². The zero-order valence-electron chi connectivity index (χ0n) is 9.53. The van der Waals surface area contributed by atoms with Crippen LogP contribution in [0.4, 0.5) is 0 Å². The smallest absolute Gasteiger partial charge is 0.166 e. The predicted molar refractivity (Wildman–Crippen MR) is 63.8 cm³/mol. The zero-order chi connectivity index (χ0) is 11.5. The van der Waals surface area contributed by atoms with Crippen molar-refractivity contribution in [1.82, 2.24) is 0 Å². The Balaban J connectivity index is 2.29. The molecule has 16 heavy (non-hydrogen) atoms. The third-order valence-electron chi connectivity index (χ3n) is 2.56. The highest BCUT2D eigenvalue weighted by Gasteiger charge is 2.19. The summed E-state index contributed by atoms with van der Waals surface area (Å²) in [5.74, 6) is 1.59. The Morgan fingerprint density at radius 1 is 1.44 bits per heavy atom. The van der Waals surface area contributed by atoms with Crippen molar-refractivity contribution in [2.45, 2.75) is 19.4 Å². The van der Waals surface area contributed by atoms with Crippen LogP contribution in [0.15, 0.2) is 30.4 Å². The van der Waals surface area contributed by atoms with E-state index < -0.39 is 0 Å². The van der Waals surface area contributed by atoms with Gasteiger partial charge in [0.25, 0.3) is 0 Å². The Morgan fingerprint density at radius 3 is 2.94 bits per heavy atom. The third-order valence-corrected chi connectivity index (χ3v) is 2.56. The third kappa shape index (κ3) is 2.19. The van der Waals surface area contributed by atoms with Gasteiger partial charge in [-0.2, -0.15) is 0 Å². The Labute approximate surface area is 95.9 Å². The average molecular weight is 219 g/mol. The molecule has 0 aliphatic carbocycles. The van der Waals surface area contributed by atoms with E-state index in [-0.39, 0.29) is 6.04 Å². The van der Waals surface area contributed by atoms with Gasteiger partial charge in [0.05, 0.1) is 0 Å². The first kappa shape index (κ1) is 11.0. The quantitative estimate of drug-likeness (QED) is 0.794. The standard InChI is InChI=1S/C13H17NO2/c1-9(2)8-11(14)10-4-3-5-12-13(10)16-7-6-15-12/h3-5,11H,1,6-8,14H2,2H3. The molecule has 0 saturated carbocycles. The highest BCUT2D eigenvalue weighted by Crippen LogP contribution is 2.37. The molecule has 0 spiro atoms. The van der Waals surface area contributed by atoms with Crippen LogP contribution in [-0.2, 0) is 0 Å². The molecule has 3 nitrogen and oxygen atoms in total. The summed E-state index contributed by atoms with van der Waals surface area (Å²) in [5.41, 5.74) is 8.19. The van der Waals surface area contributed by atoms with Crippen molar-refractivity contribution in [3.63, 3.8) is 0 Å². The van der Waals surface area contributed by atoms with Crippen molar-refractivity contribution >= 4 is 0 Å². The van der Waals surface area contributed by atoms with Crippen LogP contribution in [0.5, 0.6) is 11.5 Å². The SMILES string of the molecule is C=C(C)CC(N)c1cccc2c1OCCO2. The Kier molecular flexibility index (Phi) is 3.15. The van der Waals surface area contributed by atoms with E-state index in [1.165, 1.54) is 0 Å². The van der Waals surface area contributed by atoms with Crippen LogP contribution in [0, 0.1) is 0 Å². The van der Waals surface area contributed by atoms with Crippen LogP contribution in [0.3, 0.4) is 0 Å². The molecule has 1 aromatic rings. The number of ether oxygens (including phenoxy) is 2. The lowest BCUT2D eigenvalue weighted by atomic mass is 10.00. The first-order valence-electron chi connectivity index (χ1n) is 5.47. The molecule has 1 unspecified atom stereocenters. The maximum Gasteiger partial charge on any atom is 0.166 e. The molecule has 3 heteroatoms. The lowest BCUT2D eigenvalue weighted by Gasteiger charge is -2.23. The van der Waals surface area contributed by atoms with Crippen LogP contribution >= 0.6 is 0 Å². The van der Waals surface area contributed by atoms with Crippen molar-refractivity contribution in [2.24, 2.45) is 5.73 Å². The van der Waals surface area contributed by atoms with Gasteiger partial charge in [-0.25, -0.2) is 0 Å². The number of fused-ring (bicyclic) bond motifs is 1. The van der Waals surface area contributed by atoms with Crippen molar-refractivity contribution in [3.05, 3.63) is 35.9 Å². The molecule has 1 aliphatic rings. The molecule has 0 aromatic heterocycles. The predicted octanol–water partition coefficient (Wildman–Crippen LogP) is 2.42. The summed E-state index contributed by atoms with van der Waals surface area (Å²) in [6, 6.07) is 5.77. The molecule has 0 bridgehead atoms. The highest BCUT2D eigenvalue weighted by molar-refractivity contribution is 5.49. The van der Waals surface area contributed by atoms with Gasteiger partial charge >= 0.3 is 0 Å². The second-order valence-corrected chi connectivity index (χ2v) is 4.14. The summed E-state index contributed by atoms with van der Waals surface area (Å²) in [5, 5.41) is 0. The molecule has 0 amide bonds. The van der Waals surface area contributed by atoms with E-state index in [4.69, 9.17) is 15.2 Å². The summed E-state index contributed by atoms with van der Waals surface area (Å²) in [6.45, 7) is 7.05. The van der Waals surface area contributed by atoms with E-state index in [0.29, 0.717) is 13.2 Å². The first-order valence-corrected chi connectivity index (χ1v) is 5.47.